The van der Waals surface area contributed by atoms with Crippen molar-refractivity contribution in [2.24, 2.45) is 0 Å². The molecule has 88 valence electrons. The molecule has 1 aromatic carbocycles. The van der Waals surface area contributed by atoms with Gasteiger partial charge in [-0.05, 0) is 42.6 Å². The van der Waals surface area contributed by atoms with Crippen LogP contribution in [0, 0.1) is 0 Å². The van der Waals surface area contributed by atoms with Crippen molar-refractivity contribution in [3.05, 3.63) is 57.2 Å². The summed E-state index contributed by atoms with van der Waals surface area (Å²) in [6.07, 6.45) is 0. The second-order valence-corrected chi connectivity index (χ2v) is 5.13. The molecule has 0 fully saturated rings. The van der Waals surface area contributed by atoms with Gasteiger partial charge in [0.1, 0.15) is 0 Å². The molecule has 1 N–H and O–H groups in total. The van der Waals surface area contributed by atoms with Gasteiger partial charge in [-0.25, -0.2) is 0 Å². The van der Waals surface area contributed by atoms with Crippen LogP contribution in [0.2, 0.25) is 5.02 Å². The van der Waals surface area contributed by atoms with E-state index in [2.05, 4.69) is 5.32 Å². The van der Waals surface area contributed by atoms with Gasteiger partial charge in [0.15, 0.2) is 0 Å². The smallest absolute Gasteiger partial charge is 0.251 e. The van der Waals surface area contributed by atoms with Crippen molar-refractivity contribution in [3.8, 4) is 0 Å². The molecule has 1 amide bonds. The van der Waals surface area contributed by atoms with Crippen molar-refractivity contribution in [2.75, 3.05) is 0 Å². The molecule has 1 aromatic heterocycles. The number of thiophene rings is 1. The molecule has 2 nitrogen and oxygen atoms in total. The van der Waals surface area contributed by atoms with Crippen molar-refractivity contribution in [2.45, 2.75) is 13.0 Å². The summed E-state index contributed by atoms with van der Waals surface area (Å²) in [6.45, 7) is 1.97. The van der Waals surface area contributed by atoms with Gasteiger partial charge in [0.05, 0.1) is 6.04 Å². The van der Waals surface area contributed by atoms with Crippen LogP contribution in [0.5, 0.6) is 0 Å². The Morgan fingerprint density at radius 1 is 1.29 bits per heavy atom. The van der Waals surface area contributed by atoms with Crippen LogP contribution < -0.4 is 5.32 Å². The average Bonchev–Trinajstić information content (AvgIpc) is 2.83. The third kappa shape index (κ3) is 3.08. The minimum Gasteiger partial charge on any atom is -0.345 e. The maximum atomic E-state index is 11.9. The number of benzene rings is 1. The predicted molar refractivity (Wildman–Crippen MR) is 71.7 cm³/mol. The van der Waals surface area contributed by atoms with E-state index in [1.807, 2.05) is 24.4 Å². The molecule has 0 saturated heterocycles. The van der Waals surface area contributed by atoms with Crippen LogP contribution in [-0.2, 0) is 0 Å². The van der Waals surface area contributed by atoms with E-state index in [4.69, 9.17) is 11.6 Å². The lowest BCUT2D eigenvalue weighted by Crippen LogP contribution is -2.25. The van der Waals surface area contributed by atoms with Crippen LogP contribution in [0.1, 0.15) is 28.2 Å². The Morgan fingerprint density at radius 3 is 2.59 bits per heavy atom. The highest BCUT2D eigenvalue weighted by Gasteiger charge is 2.11. The highest BCUT2D eigenvalue weighted by atomic mass is 35.5. The predicted octanol–water partition coefficient (Wildman–Crippen LogP) is 3.89. The molecule has 2 rings (SSSR count). The second kappa shape index (κ2) is 5.34. The Hall–Kier alpha value is -1.32. The van der Waals surface area contributed by atoms with Crippen molar-refractivity contribution in [1.29, 1.82) is 0 Å². The van der Waals surface area contributed by atoms with Crippen molar-refractivity contribution in [1.82, 2.24) is 5.32 Å². The topological polar surface area (TPSA) is 29.1 Å². The van der Waals surface area contributed by atoms with Gasteiger partial charge in [-0.3, -0.25) is 4.79 Å². The van der Waals surface area contributed by atoms with Crippen LogP contribution in [0.25, 0.3) is 0 Å². The molecular weight excluding hydrogens is 254 g/mol. The zero-order valence-corrected chi connectivity index (χ0v) is 10.9. The fourth-order valence-electron chi connectivity index (χ4n) is 1.49. The molecule has 0 aliphatic carbocycles. The Morgan fingerprint density at radius 2 is 2.00 bits per heavy atom. The Bertz CT molecular complexity index is 493. The molecule has 1 heterocycles. The normalized spacial score (nSPS) is 12.1. The summed E-state index contributed by atoms with van der Waals surface area (Å²) in [4.78, 5) is 13.1. The first-order chi connectivity index (χ1) is 8.16. The van der Waals surface area contributed by atoms with Crippen molar-refractivity contribution in [3.63, 3.8) is 0 Å². The lowest BCUT2D eigenvalue weighted by Gasteiger charge is -2.12. The van der Waals surface area contributed by atoms with E-state index in [1.165, 1.54) is 0 Å². The van der Waals surface area contributed by atoms with Crippen LogP contribution in [0.15, 0.2) is 41.8 Å². The number of rotatable bonds is 3. The number of carbonyl (C=O) groups excluding carboxylic acids is 1. The summed E-state index contributed by atoms with van der Waals surface area (Å²) >= 11 is 7.41. The van der Waals surface area contributed by atoms with Crippen LogP contribution >= 0.6 is 22.9 Å². The van der Waals surface area contributed by atoms with Crippen LogP contribution in [0.4, 0.5) is 0 Å². The monoisotopic (exact) mass is 265 g/mol. The minimum absolute atomic E-state index is 0.0261. The number of hydrogen-bond acceptors (Lipinski definition) is 2. The Labute approximate surface area is 109 Å². The molecular formula is C13H12ClNOS. The van der Waals surface area contributed by atoms with E-state index in [0.29, 0.717) is 10.6 Å². The molecule has 2 aromatic rings. The molecule has 4 heteroatoms. The highest BCUT2D eigenvalue weighted by Crippen LogP contribution is 2.18. The summed E-state index contributed by atoms with van der Waals surface area (Å²) < 4.78 is 0. The fourth-order valence-corrected chi connectivity index (χ4v) is 2.35. The molecule has 0 saturated carbocycles. The zero-order valence-electron chi connectivity index (χ0n) is 9.31. The Balaban J connectivity index is 2.04. The van der Waals surface area contributed by atoms with Gasteiger partial charge in [0.2, 0.25) is 0 Å². The summed E-state index contributed by atoms with van der Waals surface area (Å²) in [5, 5.41) is 5.58. The van der Waals surface area contributed by atoms with Gasteiger partial charge in [0.25, 0.3) is 5.91 Å². The minimum atomic E-state index is -0.0810. The lowest BCUT2D eigenvalue weighted by atomic mass is 10.2. The average molecular weight is 266 g/mol. The number of halogens is 1. The van der Waals surface area contributed by atoms with Gasteiger partial charge >= 0.3 is 0 Å². The number of nitrogens with one attached hydrogen (secondary N) is 1. The fraction of sp³-hybridized carbons (Fsp3) is 0.154. The third-order valence-electron chi connectivity index (χ3n) is 2.42. The largest absolute Gasteiger partial charge is 0.345 e. The number of carbonyl (C=O) groups is 1. The molecule has 0 aliphatic heterocycles. The maximum absolute atomic E-state index is 11.9. The lowest BCUT2D eigenvalue weighted by molar-refractivity contribution is 0.0940. The number of amides is 1. The SMILES string of the molecule is C[C@@H](NC(=O)c1ccc(Cl)cc1)c1cccs1. The molecule has 1 atom stereocenters. The summed E-state index contributed by atoms with van der Waals surface area (Å²) in [6, 6.07) is 10.9. The maximum Gasteiger partial charge on any atom is 0.251 e. The summed E-state index contributed by atoms with van der Waals surface area (Å²) in [7, 11) is 0. The van der Waals surface area contributed by atoms with Crippen molar-refractivity contribution >= 4 is 28.8 Å². The molecule has 0 radical (unpaired) electrons. The molecule has 17 heavy (non-hydrogen) atoms. The Kier molecular flexibility index (Phi) is 3.82. The van der Waals surface area contributed by atoms with E-state index in [1.54, 1.807) is 35.6 Å². The number of hydrogen-bond donors (Lipinski definition) is 1. The van der Waals surface area contributed by atoms with E-state index >= 15 is 0 Å². The molecule has 0 aliphatic rings. The van der Waals surface area contributed by atoms with Gasteiger partial charge in [-0.2, -0.15) is 0 Å². The standard InChI is InChI=1S/C13H12ClNOS/c1-9(12-3-2-8-17-12)15-13(16)10-4-6-11(14)7-5-10/h2-9H,1H3,(H,15,16)/t9-/m1/s1. The first-order valence-electron chi connectivity index (χ1n) is 5.26. The first kappa shape index (κ1) is 12.1. The van der Waals surface area contributed by atoms with Crippen LogP contribution in [0.3, 0.4) is 0 Å². The van der Waals surface area contributed by atoms with Crippen LogP contribution in [-0.4, -0.2) is 5.91 Å². The summed E-state index contributed by atoms with van der Waals surface area (Å²) in [5.74, 6) is -0.0810. The van der Waals surface area contributed by atoms with Gasteiger partial charge in [0, 0.05) is 15.5 Å². The third-order valence-corrected chi connectivity index (χ3v) is 3.73. The van der Waals surface area contributed by atoms with Gasteiger partial charge in [-0.15, -0.1) is 11.3 Å². The van der Waals surface area contributed by atoms with Gasteiger partial charge < -0.3 is 5.32 Å². The van der Waals surface area contributed by atoms with Crippen molar-refractivity contribution < 1.29 is 4.79 Å². The quantitative estimate of drug-likeness (QED) is 0.896. The van der Waals surface area contributed by atoms with E-state index in [9.17, 15) is 4.79 Å². The molecule has 0 bridgehead atoms. The first-order valence-corrected chi connectivity index (χ1v) is 6.52. The second-order valence-electron chi connectivity index (χ2n) is 3.72. The van der Waals surface area contributed by atoms with Gasteiger partial charge in [-0.1, -0.05) is 17.7 Å². The van der Waals surface area contributed by atoms with E-state index in [0.717, 1.165) is 4.88 Å². The van der Waals surface area contributed by atoms with E-state index in [-0.39, 0.29) is 11.9 Å². The van der Waals surface area contributed by atoms with E-state index < -0.39 is 0 Å². The molecule has 0 spiro atoms. The molecule has 0 unspecified atom stereocenters. The highest BCUT2D eigenvalue weighted by molar-refractivity contribution is 7.10. The zero-order chi connectivity index (χ0) is 12.3. The summed E-state index contributed by atoms with van der Waals surface area (Å²) in [5.41, 5.74) is 0.623.